The van der Waals surface area contributed by atoms with Gasteiger partial charge in [-0.3, -0.25) is 9.63 Å². The van der Waals surface area contributed by atoms with Crippen molar-refractivity contribution < 1.29 is 38.8 Å². The highest BCUT2D eigenvalue weighted by Gasteiger charge is 2.50. The Kier molecular flexibility index (Phi) is 7.18. The lowest BCUT2D eigenvalue weighted by molar-refractivity contribution is -1.12. The number of piperidine rings is 1. The van der Waals surface area contributed by atoms with E-state index in [1.54, 1.807) is 18.7 Å². The fourth-order valence-electron chi connectivity index (χ4n) is 4.58. The topological polar surface area (TPSA) is 110 Å². The Hall–Kier alpha value is -2.59. The fourth-order valence-corrected chi connectivity index (χ4v) is 5.89. The highest BCUT2D eigenvalue weighted by Crippen LogP contribution is 2.44. The molecular formula is C24H25ClNO7S+. The zero-order valence-corrected chi connectivity index (χ0v) is 20.1. The lowest BCUT2D eigenvalue weighted by atomic mass is 9.94. The van der Waals surface area contributed by atoms with E-state index >= 15 is 0 Å². The summed E-state index contributed by atoms with van der Waals surface area (Å²) in [6, 6.07) is 13.5. The van der Waals surface area contributed by atoms with E-state index in [0.717, 1.165) is 20.9 Å². The monoisotopic (exact) mass is 506 g/mol. The van der Waals surface area contributed by atoms with Gasteiger partial charge in [-0.25, -0.2) is 9.59 Å². The SMILES string of the molecule is CC[N+]1(OC(=O)C(=O)O)CCC(C(=O)O)CC1OC1Cc2cc(Cl)ccc2Sc2ccccc21. The molecule has 180 valence electrons. The Labute approximate surface area is 206 Å². The van der Waals surface area contributed by atoms with Crippen molar-refractivity contribution in [2.24, 2.45) is 5.92 Å². The largest absolute Gasteiger partial charge is 0.481 e. The van der Waals surface area contributed by atoms with Crippen LogP contribution in [-0.2, 0) is 30.4 Å². The van der Waals surface area contributed by atoms with Crippen molar-refractivity contribution >= 4 is 41.3 Å². The van der Waals surface area contributed by atoms with E-state index in [-0.39, 0.29) is 25.9 Å². The molecule has 2 heterocycles. The zero-order chi connectivity index (χ0) is 24.5. The summed E-state index contributed by atoms with van der Waals surface area (Å²) >= 11 is 7.86. The molecule has 4 rings (SSSR count). The van der Waals surface area contributed by atoms with E-state index in [2.05, 4.69) is 0 Å². The molecule has 1 saturated heterocycles. The lowest BCUT2D eigenvalue weighted by Gasteiger charge is -2.44. The molecule has 0 amide bonds. The second kappa shape index (κ2) is 9.95. The zero-order valence-electron chi connectivity index (χ0n) is 18.5. The van der Waals surface area contributed by atoms with Crippen molar-refractivity contribution in [3.8, 4) is 0 Å². The van der Waals surface area contributed by atoms with Crippen LogP contribution in [0.2, 0.25) is 5.02 Å². The van der Waals surface area contributed by atoms with Gasteiger partial charge < -0.3 is 14.9 Å². The van der Waals surface area contributed by atoms with Crippen molar-refractivity contribution in [1.29, 1.82) is 0 Å². The lowest BCUT2D eigenvalue weighted by Crippen LogP contribution is -2.62. The Bertz CT molecular complexity index is 1130. The number of hydrogen-bond acceptors (Lipinski definition) is 6. The highest BCUT2D eigenvalue weighted by atomic mass is 35.5. The van der Waals surface area contributed by atoms with Crippen molar-refractivity contribution in [1.82, 2.24) is 0 Å². The molecule has 2 N–H and O–H groups in total. The Morgan fingerprint density at radius 2 is 1.91 bits per heavy atom. The molecule has 2 aromatic carbocycles. The minimum atomic E-state index is -1.70. The van der Waals surface area contributed by atoms with Crippen molar-refractivity contribution in [2.45, 2.75) is 48.3 Å². The smallest absolute Gasteiger partial charge is 0.473 e. The Balaban J connectivity index is 1.73. The van der Waals surface area contributed by atoms with E-state index in [1.165, 1.54) is 0 Å². The number of quaternary nitrogens is 1. The first-order chi connectivity index (χ1) is 16.2. The van der Waals surface area contributed by atoms with Crippen molar-refractivity contribution in [3.63, 3.8) is 0 Å². The summed E-state index contributed by atoms with van der Waals surface area (Å²) in [5.41, 5.74) is 1.91. The van der Waals surface area contributed by atoms with E-state index in [1.807, 2.05) is 42.5 Å². The normalized spacial score (nSPS) is 26.0. The maximum Gasteiger partial charge on any atom is 0.473 e. The summed E-state index contributed by atoms with van der Waals surface area (Å²) in [6.45, 7) is 2.14. The van der Waals surface area contributed by atoms with Gasteiger partial charge in [0.25, 0.3) is 0 Å². The quantitative estimate of drug-likeness (QED) is 0.456. The second-order valence-electron chi connectivity index (χ2n) is 8.41. The molecule has 8 nitrogen and oxygen atoms in total. The third-order valence-electron chi connectivity index (χ3n) is 6.43. The average Bonchev–Trinajstić information content (AvgIpc) is 2.96. The first-order valence-electron chi connectivity index (χ1n) is 11.0. The fraction of sp³-hybridized carbons (Fsp3) is 0.375. The second-order valence-corrected chi connectivity index (χ2v) is 9.93. The number of aliphatic carboxylic acids is 2. The number of carboxylic acid groups (broad SMARTS) is 2. The minimum Gasteiger partial charge on any atom is -0.481 e. The molecule has 0 spiro atoms. The summed E-state index contributed by atoms with van der Waals surface area (Å²) in [4.78, 5) is 42.6. The van der Waals surface area contributed by atoms with Crippen LogP contribution in [0.15, 0.2) is 52.3 Å². The molecular weight excluding hydrogens is 482 g/mol. The molecule has 2 aromatic rings. The van der Waals surface area contributed by atoms with Crippen LogP contribution in [0.25, 0.3) is 0 Å². The number of benzene rings is 2. The van der Waals surface area contributed by atoms with Gasteiger partial charge in [-0.1, -0.05) is 41.6 Å². The van der Waals surface area contributed by atoms with Gasteiger partial charge >= 0.3 is 17.9 Å². The van der Waals surface area contributed by atoms with Gasteiger partial charge in [0.1, 0.15) is 13.1 Å². The molecule has 0 saturated carbocycles. The highest BCUT2D eigenvalue weighted by molar-refractivity contribution is 7.99. The van der Waals surface area contributed by atoms with E-state index in [4.69, 9.17) is 26.3 Å². The van der Waals surface area contributed by atoms with Crippen LogP contribution in [0.1, 0.15) is 37.0 Å². The van der Waals surface area contributed by atoms with Gasteiger partial charge in [0.05, 0.1) is 12.0 Å². The van der Waals surface area contributed by atoms with Crippen LogP contribution in [0.3, 0.4) is 0 Å². The first kappa shape index (κ1) is 24.5. The number of ether oxygens (including phenoxy) is 1. The molecule has 4 atom stereocenters. The molecule has 4 unspecified atom stereocenters. The van der Waals surface area contributed by atoms with E-state index in [9.17, 15) is 19.5 Å². The van der Waals surface area contributed by atoms with Gasteiger partial charge in [-0.15, -0.1) is 4.65 Å². The molecule has 0 aliphatic carbocycles. The van der Waals surface area contributed by atoms with Gasteiger partial charge in [0, 0.05) is 34.1 Å². The molecule has 10 heteroatoms. The summed E-state index contributed by atoms with van der Waals surface area (Å²) < 4.78 is 6.19. The predicted octanol–water partition coefficient (Wildman–Crippen LogP) is 4.31. The number of hydroxylamine groups is 3. The predicted molar refractivity (Wildman–Crippen MR) is 123 cm³/mol. The van der Waals surface area contributed by atoms with Gasteiger partial charge in [0.2, 0.25) is 6.23 Å². The molecule has 1 fully saturated rings. The number of carboxylic acids is 2. The van der Waals surface area contributed by atoms with Gasteiger partial charge in [0.15, 0.2) is 0 Å². The average molecular weight is 507 g/mol. The number of nitrogens with zero attached hydrogens (tertiary/aromatic N) is 1. The maximum atomic E-state index is 12.1. The first-order valence-corrected chi connectivity index (χ1v) is 12.2. The maximum absolute atomic E-state index is 12.1. The number of rotatable bonds is 5. The third-order valence-corrected chi connectivity index (χ3v) is 7.87. The van der Waals surface area contributed by atoms with Crippen molar-refractivity contribution in [3.05, 3.63) is 58.6 Å². The third kappa shape index (κ3) is 4.93. The molecule has 0 bridgehead atoms. The molecule has 2 aliphatic rings. The van der Waals surface area contributed by atoms with Crippen LogP contribution in [0.5, 0.6) is 0 Å². The van der Waals surface area contributed by atoms with Crippen LogP contribution < -0.4 is 0 Å². The number of fused-ring (bicyclic) bond motifs is 2. The van der Waals surface area contributed by atoms with Gasteiger partial charge in [-0.2, -0.15) is 0 Å². The summed E-state index contributed by atoms with van der Waals surface area (Å²) in [5.74, 6) is -4.74. The van der Waals surface area contributed by atoms with Crippen LogP contribution >= 0.6 is 23.4 Å². The molecule has 2 aliphatic heterocycles. The van der Waals surface area contributed by atoms with Crippen LogP contribution in [-0.4, -0.2) is 52.1 Å². The number of carbonyl (C=O) groups is 3. The van der Waals surface area contributed by atoms with E-state index in [0.29, 0.717) is 11.4 Å². The number of carbonyl (C=O) groups excluding carboxylic acids is 1. The van der Waals surface area contributed by atoms with Crippen molar-refractivity contribution in [2.75, 3.05) is 13.1 Å². The van der Waals surface area contributed by atoms with E-state index < -0.39 is 40.8 Å². The van der Waals surface area contributed by atoms with Gasteiger partial charge in [-0.05, 0) is 42.3 Å². The molecule has 34 heavy (non-hydrogen) atoms. The summed E-state index contributed by atoms with van der Waals surface area (Å²) in [6.07, 6.45) is -0.527. The molecule has 0 aromatic heterocycles. The Morgan fingerprint density at radius 1 is 1.15 bits per heavy atom. The summed E-state index contributed by atoms with van der Waals surface area (Å²) in [7, 11) is 0. The van der Waals surface area contributed by atoms with Crippen LogP contribution in [0.4, 0.5) is 0 Å². The minimum absolute atomic E-state index is 0.0876. The standard InChI is InChI=1S/C24H24ClNO7S/c1-2-26(33-24(31)23(29)30)10-9-14(22(27)28)13-21(26)32-18-12-15-11-16(25)7-8-19(15)34-20-6-4-3-5-17(18)20/h3-8,11,14,18,21H,2,9-10,12-13H2,1H3,(H-,27,28,29,30)/p+1. The number of halogens is 1. The number of hydrogen-bond donors (Lipinski definition) is 2. The van der Waals surface area contributed by atoms with Crippen LogP contribution in [0, 0.1) is 5.92 Å². The Morgan fingerprint density at radius 3 is 2.62 bits per heavy atom. The summed E-state index contributed by atoms with van der Waals surface area (Å²) in [5, 5.41) is 19.4. The number of likely N-dealkylation sites (tertiary alicyclic amines) is 1. The molecule has 0 radical (unpaired) electrons.